The fourth-order valence-corrected chi connectivity index (χ4v) is 4.15. The molecule has 2 N–H and O–H groups in total. The Kier molecular flexibility index (Phi) is 8.96. The van der Waals surface area contributed by atoms with Gasteiger partial charge in [-0.2, -0.15) is 0 Å². The van der Waals surface area contributed by atoms with Gasteiger partial charge in [0, 0.05) is 24.9 Å². The van der Waals surface area contributed by atoms with Crippen molar-refractivity contribution in [2.75, 3.05) is 27.3 Å². The van der Waals surface area contributed by atoms with Crippen LogP contribution in [0.2, 0.25) is 0 Å². The summed E-state index contributed by atoms with van der Waals surface area (Å²) >= 11 is 0. The van der Waals surface area contributed by atoms with Crippen molar-refractivity contribution in [3.8, 4) is 11.5 Å². The quantitative estimate of drug-likeness (QED) is 0.595. The number of hydrogen-bond donors (Lipinski definition) is 2. The Morgan fingerprint density at radius 1 is 0.688 bits per heavy atom. The molecule has 3 rings (SSSR count). The van der Waals surface area contributed by atoms with Gasteiger partial charge >= 0.3 is 0 Å². The third-order valence-corrected chi connectivity index (χ3v) is 6.21. The first-order chi connectivity index (χ1) is 15.6. The summed E-state index contributed by atoms with van der Waals surface area (Å²) in [6, 6.07) is 15.8. The summed E-state index contributed by atoms with van der Waals surface area (Å²) in [7, 11) is 3.30. The number of amides is 2. The minimum absolute atomic E-state index is 0.00853. The van der Waals surface area contributed by atoms with Crippen LogP contribution in [0.5, 0.6) is 11.5 Å². The summed E-state index contributed by atoms with van der Waals surface area (Å²) in [5, 5.41) is 6.11. The van der Waals surface area contributed by atoms with Crippen molar-refractivity contribution in [2.45, 2.75) is 38.5 Å². The molecule has 0 spiro atoms. The molecule has 0 unspecified atom stereocenters. The predicted octanol–water partition coefficient (Wildman–Crippen LogP) is 3.53. The van der Waals surface area contributed by atoms with E-state index in [1.165, 1.54) is 11.1 Å². The molecule has 1 saturated carbocycles. The first kappa shape index (κ1) is 23.6. The summed E-state index contributed by atoms with van der Waals surface area (Å²) in [5.74, 6) is 1.90. The lowest BCUT2D eigenvalue weighted by atomic mass is 9.81. The van der Waals surface area contributed by atoms with Crippen molar-refractivity contribution in [3.63, 3.8) is 0 Å². The van der Waals surface area contributed by atoms with Gasteiger partial charge in [0.25, 0.3) is 0 Å². The Morgan fingerprint density at radius 3 is 1.34 bits per heavy atom. The fourth-order valence-electron chi connectivity index (χ4n) is 4.15. The van der Waals surface area contributed by atoms with Crippen LogP contribution >= 0.6 is 0 Å². The summed E-state index contributed by atoms with van der Waals surface area (Å²) in [6.07, 6.45) is 4.66. The van der Waals surface area contributed by atoms with Gasteiger partial charge in [0.15, 0.2) is 0 Å². The summed E-state index contributed by atoms with van der Waals surface area (Å²) in [4.78, 5) is 25.0. The second-order valence-electron chi connectivity index (χ2n) is 8.33. The van der Waals surface area contributed by atoms with E-state index in [2.05, 4.69) is 10.6 Å². The predicted molar refractivity (Wildman–Crippen MR) is 125 cm³/mol. The molecule has 2 amide bonds. The van der Waals surface area contributed by atoms with E-state index in [-0.39, 0.29) is 23.7 Å². The Morgan fingerprint density at radius 2 is 1.03 bits per heavy atom. The Hall–Kier alpha value is -3.02. The minimum atomic E-state index is 0.00853. The topological polar surface area (TPSA) is 76.7 Å². The van der Waals surface area contributed by atoms with Crippen LogP contribution in [-0.4, -0.2) is 39.1 Å². The number of ether oxygens (including phenoxy) is 2. The van der Waals surface area contributed by atoms with Crippen molar-refractivity contribution in [3.05, 3.63) is 59.7 Å². The molecular formula is C26H34N2O4. The van der Waals surface area contributed by atoms with E-state index in [1.54, 1.807) is 14.2 Å². The lowest BCUT2D eigenvalue weighted by molar-refractivity contribution is -0.130. The van der Waals surface area contributed by atoms with E-state index in [0.29, 0.717) is 13.1 Å². The zero-order valence-electron chi connectivity index (χ0n) is 19.1. The molecule has 2 aromatic carbocycles. The SMILES string of the molecule is COc1ccc(CCNC(=O)C2CCC(C(=O)NCCc3ccc(OC)cc3)CC2)cc1. The Bertz CT molecular complexity index is 783. The summed E-state index contributed by atoms with van der Waals surface area (Å²) < 4.78 is 10.3. The first-order valence-corrected chi connectivity index (χ1v) is 11.4. The maximum absolute atomic E-state index is 12.5. The highest BCUT2D eigenvalue weighted by Crippen LogP contribution is 2.29. The molecule has 1 aliphatic rings. The Balaban J connectivity index is 1.31. The minimum Gasteiger partial charge on any atom is -0.497 e. The van der Waals surface area contributed by atoms with Gasteiger partial charge in [-0.05, 0) is 73.9 Å². The maximum atomic E-state index is 12.5. The zero-order chi connectivity index (χ0) is 22.8. The number of hydrogen-bond acceptors (Lipinski definition) is 4. The standard InChI is InChI=1S/C26H34N2O4/c1-31-23-11-3-19(4-12-23)15-17-27-25(29)21-7-9-22(10-8-21)26(30)28-18-16-20-5-13-24(32-2)14-6-20/h3-6,11-14,21-22H,7-10,15-18H2,1-2H3,(H,27,29)(H,28,30). The van der Waals surface area contributed by atoms with Gasteiger partial charge in [-0.15, -0.1) is 0 Å². The highest BCUT2D eigenvalue weighted by Gasteiger charge is 2.29. The lowest BCUT2D eigenvalue weighted by Gasteiger charge is -2.27. The van der Waals surface area contributed by atoms with Crippen molar-refractivity contribution < 1.29 is 19.1 Å². The number of carbonyl (C=O) groups is 2. The first-order valence-electron chi connectivity index (χ1n) is 11.4. The second-order valence-corrected chi connectivity index (χ2v) is 8.33. The number of benzene rings is 2. The van der Waals surface area contributed by atoms with Crippen LogP contribution in [0.1, 0.15) is 36.8 Å². The van der Waals surface area contributed by atoms with E-state index in [9.17, 15) is 9.59 Å². The van der Waals surface area contributed by atoms with E-state index in [4.69, 9.17) is 9.47 Å². The average molecular weight is 439 g/mol. The molecule has 32 heavy (non-hydrogen) atoms. The number of rotatable bonds is 10. The van der Waals surface area contributed by atoms with Gasteiger partial charge in [-0.1, -0.05) is 24.3 Å². The molecule has 172 valence electrons. The van der Waals surface area contributed by atoms with Gasteiger partial charge < -0.3 is 20.1 Å². The van der Waals surface area contributed by atoms with Crippen LogP contribution in [-0.2, 0) is 22.4 Å². The molecule has 0 bridgehead atoms. The molecule has 0 heterocycles. The largest absolute Gasteiger partial charge is 0.497 e. The smallest absolute Gasteiger partial charge is 0.223 e. The molecule has 6 nitrogen and oxygen atoms in total. The van der Waals surface area contributed by atoms with Crippen LogP contribution in [0.3, 0.4) is 0 Å². The highest BCUT2D eigenvalue weighted by molar-refractivity contribution is 5.81. The van der Waals surface area contributed by atoms with Crippen LogP contribution in [0.25, 0.3) is 0 Å². The normalized spacial score (nSPS) is 17.9. The van der Waals surface area contributed by atoms with Crippen LogP contribution in [0, 0.1) is 11.8 Å². The van der Waals surface area contributed by atoms with E-state index in [0.717, 1.165) is 50.0 Å². The molecule has 0 radical (unpaired) electrons. The van der Waals surface area contributed by atoms with Crippen LogP contribution < -0.4 is 20.1 Å². The van der Waals surface area contributed by atoms with E-state index < -0.39 is 0 Å². The number of nitrogens with one attached hydrogen (secondary N) is 2. The number of methoxy groups -OCH3 is 2. The third kappa shape index (κ3) is 7.01. The summed E-state index contributed by atoms with van der Waals surface area (Å²) in [6.45, 7) is 1.24. The van der Waals surface area contributed by atoms with Crippen molar-refractivity contribution in [1.82, 2.24) is 10.6 Å². The molecule has 0 aromatic heterocycles. The van der Waals surface area contributed by atoms with E-state index >= 15 is 0 Å². The molecule has 2 aromatic rings. The van der Waals surface area contributed by atoms with Crippen molar-refractivity contribution in [2.24, 2.45) is 11.8 Å². The molecule has 6 heteroatoms. The molecule has 0 saturated heterocycles. The van der Waals surface area contributed by atoms with Gasteiger partial charge in [0.1, 0.15) is 11.5 Å². The average Bonchev–Trinajstić information content (AvgIpc) is 2.85. The van der Waals surface area contributed by atoms with Crippen LogP contribution in [0.4, 0.5) is 0 Å². The molecule has 0 aliphatic heterocycles. The van der Waals surface area contributed by atoms with Gasteiger partial charge in [-0.25, -0.2) is 0 Å². The van der Waals surface area contributed by atoms with Crippen LogP contribution in [0.15, 0.2) is 48.5 Å². The van der Waals surface area contributed by atoms with Gasteiger partial charge in [0.2, 0.25) is 11.8 Å². The van der Waals surface area contributed by atoms with Gasteiger partial charge in [0.05, 0.1) is 14.2 Å². The molecule has 0 atom stereocenters. The van der Waals surface area contributed by atoms with Crippen molar-refractivity contribution in [1.29, 1.82) is 0 Å². The Labute approximate surface area is 190 Å². The lowest BCUT2D eigenvalue weighted by Crippen LogP contribution is -2.38. The fraction of sp³-hybridized carbons (Fsp3) is 0.462. The zero-order valence-corrected chi connectivity index (χ0v) is 19.1. The van der Waals surface area contributed by atoms with Crippen molar-refractivity contribution >= 4 is 11.8 Å². The maximum Gasteiger partial charge on any atom is 0.223 e. The summed E-state index contributed by atoms with van der Waals surface area (Å²) in [5.41, 5.74) is 2.34. The van der Waals surface area contributed by atoms with Gasteiger partial charge in [-0.3, -0.25) is 9.59 Å². The molecular weight excluding hydrogens is 404 g/mol. The highest BCUT2D eigenvalue weighted by atomic mass is 16.5. The number of carbonyl (C=O) groups excluding carboxylic acids is 2. The second kappa shape index (κ2) is 12.1. The monoisotopic (exact) mass is 438 g/mol. The molecule has 1 aliphatic carbocycles. The third-order valence-electron chi connectivity index (χ3n) is 6.21. The van der Waals surface area contributed by atoms with E-state index in [1.807, 2.05) is 48.5 Å². The molecule has 1 fully saturated rings.